The Labute approximate surface area is 94.5 Å². The molecule has 0 atom stereocenters. The zero-order valence-electron chi connectivity index (χ0n) is 8.21. The Morgan fingerprint density at radius 2 is 2.33 bits per heavy atom. The summed E-state index contributed by atoms with van der Waals surface area (Å²) < 4.78 is 23.2. The lowest BCUT2D eigenvalue weighted by Crippen LogP contribution is -2.10. The lowest BCUT2D eigenvalue weighted by atomic mass is 10.2. The summed E-state index contributed by atoms with van der Waals surface area (Å²) in [5.41, 5.74) is -0.205. The molecule has 82 valence electrons. The Bertz CT molecular complexity index is 384. The van der Waals surface area contributed by atoms with Crippen LogP contribution in [0.5, 0.6) is 5.88 Å². The largest absolute Gasteiger partial charge is 0.479 e. The molecule has 1 rings (SSSR count). The quantitative estimate of drug-likeness (QED) is 0.795. The van der Waals surface area contributed by atoms with Gasteiger partial charge in [-0.1, -0.05) is 0 Å². The monoisotopic (exact) mass is 277 g/mol. The molecule has 0 aliphatic carbocycles. The molecule has 1 aromatic heterocycles. The summed E-state index contributed by atoms with van der Waals surface area (Å²) in [6.45, 7) is 1.82. The minimum atomic E-state index is -0.828. The van der Waals surface area contributed by atoms with Gasteiger partial charge in [-0.3, -0.25) is 0 Å². The molecule has 0 bridgehead atoms. The number of pyridine rings is 1. The molecule has 0 amide bonds. The molecular formula is C9H9BrFNO3. The number of aromatic nitrogens is 1. The number of carbonyl (C=O) groups excluding carboxylic acids is 1. The van der Waals surface area contributed by atoms with Gasteiger partial charge >= 0.3 is 5.97 Å². The van der Waals surface area contributed by atoms with Crippen LogP contribution in [0.2, 0.25) is 0 Å². The number of carbonyl (C=O) groups is 1. The summed E-state index contributed by atoms with van der Waals surface area (Å²) in [4.78, 5) is 15.0. The molecule has 0 aromatic carbocycles. The van der Waals surface area contributed by atoms with Crippen LogP contribution in [0.3, 0.4) is 0 Å². The van der Waals surface area contributed by atoms with Crippen molar-refractivity contribution in [1.29, 1.82) is 0 Å². The molecular weight excluding hydrogens is 269 g/mol. The van der Waals surface area contributed by atoms with Crippen LogP contribution in [0.4, 0.5) is 4.39 Å². The van der Waals surface area contributed by atoms with Crippen LogP contribution in [-0.4, -0.2) is 24.7 Å². The second kappa shape index (κ2) is 5.06. The third-order valence-corrected chi connectivity index (χ3v) is 2.22. The summed E-state index contributed by atoms with van der Waals surface area (Å²) in [6.07, 6.45) is 1.29. The number of halogens is 2. The molecule has 4 nitrogen and oxygen atoms in total. The van der Waals surface area contributed by atoms with Crippen molar-refractivity contribution in [3.63, 3.8) is 0 Å². The normalized spacial score (nSPS) is 9.87. The van der Waals surface area contributed by atoms with Gasteiger partial charge in [-0.15, -0.1) is 0 Å². The SMILES string of the molecule is CCOC(=O)c1c(Br)cnc(OC)c1F. The zero-order valence-corrected chi connectivity index (χ0v) is 9.80. The van der Waals surface area contributed by atoms with Crippen molar-refractivity contribution in [2.24, 2.45) is 0 Å². The fourth-order valence-electron chi connectivity index (χ4n) is 0.981. The molecule has 1 heterocycles. The Kier molecular flexibility index (Phi) is 4.02. The summed E-state index contributed by atoms with van der Waals surface area (Å²) in [6, 6.07) is 0. The van der Waals surface area contributed by atoms with E-state index in [2.05, 4.69) is 25.7 Å². The summed E-state index contributed by atoms with van der Waals surface area (Å²) in [7, 11) is 1.27. The standard InChI is InChI=1S/C9H9BrFNO3/c1-3-15-9(13)6-5(10)4-12-8(14-2)7(6)11/h4H,3H2,1-2H3. The summed E-state index contributed by atoms with van der Waals surface area (Å²) in [5.74, 6) is -1.81. The number of ether oxygens (including phenoxy) is 2. The van der Waals surface area contributed by atoms with Gasteiger partial charge in [0, 0.05) is 6.20 Å². The van der Waals surface area contributed by atoms with Crippen molar-refractivity contribution in [2.45, 2.75) is 6.92 Å². The third-order valence-electron chi connectivity index (χ3n) is 1.61. The molecule has 0 saturated heterocycles. The van der Waals surface area contributed by atoms with E-state index in [4.69, 9.17) is 4.74 Å². The molecule has 0 spiro atoms. The van der Waals surface area contributed by atoms with Gasteiger partial charge in [0.2, 0.25) is 5.82 Å². The van der Waals surface area contributed by atoms with E-state index in [0.717, 1.165) is 0 Å². The van der Waals surface area contributed by atoms with Crippen LogP contribution in [0.1, 0.15) is 17.3 Å². The van der Waals surface area contributed by atoms with E-state index < -0.39 is 11.8 Å². The Balaban J connectivity index is 3.20. The predicted molar refractivity (Wildman–Crippen MR) is 54.4 cm³/mol. The van der Waals surface area contributed by atoms with E-state index >= 15 is 0 Å². The van der Waals surface area contributed by atoms with Crippen LogP contribution in [0.25, 0.3) is 0 Å². The lowest BCUT2D eigenvalue weighted by Gasteiger charge is -2.07. The summed E-state index contributed by atoms with van der Waals surface area (Å²) >= 11 is 3.02. The molecule has 15 heavy (non-hydrogen) atoms. The maximum absolute atomic E-state index is 13.6. The van der Waals surface area contributed by atoms with Gasteiger partial charge < -0.3 is 9.47 Å². The number of esters is 1. The van der Waals surface area contributed by atoms with E-state index in [-0.39, 0.29) is 22.5 Å². The highest BCUT2D eigenvalue weighted by Crippen LogP contribution is 2.25. The maximum Gasteiger partial charge on any atom is 0.342 e. The average molecular weight is 278 g/mol. The molecule has 0 aliphatic heterocycles. The van der Waals surface area contributed by atoms with Gasteiger partial charge in [0.05, 0.1) is 18.2 Å². The van der Waals surface area contributed by atoms with Crippen molar-refractivity contribution in [3.05, 3.63) is 22.1 Å². The highest BCUT2D eigenvalue weighted by Gasteiger charge is 2.21. The Morgan fingerprint density at radius 3 is 2.87 bits per heavy atom. The van der Waals surface area contributed by atoms with Crippen molar-refractivity contribution in [3.8, 4) is 5.88 Å². The van der Waals surface area contributed by atoms with Crippen molar-refractivity contribution >= 4 is 21.9 Å². The van der Waals surface area contributed by atoms with Gasteiger partial charge in [0.25, 0.3) is 5.88 Å². The number of methoxy groups -OCH3 is 1. The minimum Gasteiger partial charge on any atom is -0.479 e. The second-order valence-corrected chi connectivity index (χ2v) is 3.38. The van der Waals surface area contributed by atoms with Crippen LogP contribution < -0.4 is 4.74 Å². The van der Waals surface area contributed by atoms with Crippen LogP contribution in [-0.2, 0) is 4.74 Å². The van der Waals surface area contributed by atoms with Crippen molar-refractivity contribution in [2.75, 3.05) is 13.7 Å². The van der Waals surface area contributed by atoms with E-state index in [1.807, 2.05) is 0 Å². The molecule has 0 aliphatic rings. The topological polar surface area (TPSA) is 48.4 Å². The number of hydrogen-bond acceptors (Lipinski definition) is 4. The molecule has 1 aromatic rings. The smallest absolute Gasteiger partial charge is 0.342 e. The second-order valence-electron chi connectivity index (χ2n) is 2.52. The first-order chi connectivity index (χ1) is 7.11. The summed E-state index contributed by atoms with van der Waals surface area (Å²) in [5, 5.41) is 0. The fourth-order valence-corrected chi connectivity index (χ4v) is 1.42. The molecule has 0 saturated carbocycles. The highest BCUT2D eigenvalue weighted by molar-refractivity contribution is 9.10. The van der Waals surface area contributed by atoms with E-state index in [0.29, 0.717) is 0 Å². The van der Waals surface area contributed by atoms with Crippen LogP contribution >= 0.6 is 15.9 Å². The Hall–Kier alpha value is -1.17. The molecule has 0 N–H and O–H groups in total. The molecule has 0 radical (unpaired) electrons. The van der Waals surface area contributed by atoms with E-state index in [1.54, 1.807) is 6.92 Å². The van der Waals surface area contributed by atoms with Gasteiger partial charge in [0.15, 0.2) is 0 Å². The number of rotatable bonds is 3. The predicted octanol–water partition coefficient (Wildman–Crippen LogP) is 2.17. The number of nitrogens with zero attached hydrogens (tertiary/aromatic N) is 1. The van der Waals surface area contributed by atoms with Crippen molar-refractivity contribution in [1.82, 2.24) is 4.98 Å². The number of hydrogen-bond donors (Lipinski definition) is 0. The first kappa shape index (κ1) is 11.9. The van der Waals surface area contributed by atoms with Crippen molar-refractivity contribution < 1.29 is 18.7 Å². The van der Waals surface area contributed by atoms with E-state index in [1.165, 1.54) is 13.3 Å². The van der Waals surface area contributed by atoms with E-state index in [9.17, 15) is 9.18 Å². The third kappa shape index (κ3) is 2.44. The van der Waals surface area contributed by atoms with Gasteiger partial charge in [-0.05, 0) is 22.9 Å². The minimum absolute atomic E-state index is 0.176. The maximum atomic E-state index is 13.6. The van der Waals surface area contributed by atoms with Crippen LogP contribution in [0.15, 0.2) is 10.7 Å². The fraction of sp³-hybridized carbons (Fsp3) is 0.333. The molecule has 0 fully saturated rings. The first-order valence-corrected chi connectivity index (χ1v) is 4.96. The average Bonchev–Trinajstić information content (AvgIpc) is 2.18. The molecule has 0 unspecified atom stereocenters. The van der Waals surface area contributed by atoms with Gasteiger partial charge in [-0.2, -0.15) is 0 Å². The zero-order chi connectivity index (χ0) is 11.4. The van der Waals surface area contributed by atoms with Gasteiger partial charge in [0.1, 0.15) is 5.56 Å². The van der Waals surface area contributed by atoms with Crippen LogP contribution in [0, 0.1) is 5.82 Å². The first-order valence-electron chi connectivity index (χ1n) is 4.16. The van der Waals surface area contributed by atoms with Gasteiger partial charge in [-0.25, -0.2) is 14.2 Å². The lowest BCUT2D eigenvalue weighted by molar-refractivity contribution is 0.0518. The Morgan fingerprint density at radius 1 is 1.67 bits per heavy atom. The molecule has 6 heteroatoms. The highest BCUT2D eigenvalue weighted by atomic mass is 79.9.